The van der Waals surface area contributed by atoms with E-state index in [0.29, 0.717) is 0 Å². The van der Waals surface area contributed by atoms with E-state index >= 15 is 0 Å². The molecule has 0 aliphatic rings. The van der Waals surface area contributed by atoms with Gasteiger partial charge in [-0.15, -0.1) is 0 Å². The summed E-state index contributed by atoms with van der Waals surface area (Å²) in [5.74, 6) is 0.955. The first kappa shape index (κ1) is 14.0. The topological polar surface area (TPSA) is 30.5 Å². The summed E-state index contributed by atoms with van der Waals surface area (Å²) in [6, 6.07) is 8.22. The maximum absolute atomic E-state index is 5.59. The van der Waals surface area contributed by atoms with E-state index in [9.17, 15) is 0 Å². The van der Waals surface area contributed by atoms with Crippen LogP contribution in [0.2, 0.25) is 0 Å². The van der Waals surface area contributed by atoms with E-state index in [4.69, 9.17) is 9.47 Å². The van der Waals surface area contributed by atoms with Gasteiger partial charge in [0.2, 0.25) is 0 Å². The average molecular weight is 237 g/mol. The Bertz CT molecular complexity index is 302. The minimum absolute atomic E-state index is 0.766. The highest BCUT2D eigenvalue weighted by Crippen LogP contribution is 2.13. The predicted molar refractivity (Wildman–Crippen MR) is 70.4 cm³/mol. The summed E-state index contributed by atoms with van der Waals surface area (Å²) in [6.07, 6.45) is 1.04. The molecule has 0 spiro atoms. The van der Waals surface area contributed by atoms with Crippen LogP contribution in [0.3, 0.4) is 0 Å². The minimum Gasteiger partial charge on any atom is -0.494 e. The van der Waals surface area contributed by atoms with E-state index in [1.807, 2.05) is 19.1 Å². The fourth-order valence-electron chi connectivity index (χ4n) is 1.49. The van der Waals surface area contributed by atoms with Crippen LogP contribution < -0.4 is 10.1 Å². The van der Waals surface area contributed by atoms with Crippen LogP contribution in [-0.4, -0.2) is 26.4 Å². The lowest BCUT2D eigenvalue weighted by molar-refractivity contribution is 0.149. The molecule has 0 radical (unpaired) electrons. The lowest BCUT2D eigenvalue weighted by Gasteiger charge is -2.08. The first-order valence-electron chi connectivity index (χ1n) is 6.37. The van der Waals surface area contributed by atoms with Crippen LogP contribution in [0.4, 0.5) is 0 Å². The summed E-state index contributed by atoms with van der Waals surface area (Å²) in [7, 11) is 0. The van der Waals surface area contributed by atoms with Crippen LogP contribution in [0.25, 0.3) is 0 Å². The smallest absolute Gasteiger partial charge is 0.119 e. The highest BCUT2D eigenvalue weighted by Gasteiger charge is 1.96. The second-order valence-electron chi connectivity index (χ2n) is 3.87. The van der Waals surface area contributed by atoms with Crippen molar-refractivity contribution in [3.05, 3.63) is 29.8 Å². The maximum Gasteiger partial charge on any atom is 0.119 e. The molecule has 0 aliphatic carbocycles. The van der Waals surface area contributed by atoms with Gasteiger partial charge in [0.15, 0.2) is 0 Å². The highest BCUT2D eigenvalue weighted by atomic mass is 16.5. The molecule has 0 atom stereocenters. The van der Waals surface area contributed by atoms with Crippen LogP contribution in [0.15, 0.2) is 24.3 Å². The fourth-order valence-corrected chi connectivity index (χ4v) is 1.49. The van der Waals surface area contributed by atoms with Crippen molar-refractivity contribution in [3.63, 3.8) is 0 Å². The molecule has 0 aromatic heterocycles. The Morgan fingerprint density at radius 1 is 1.18 bits per heavy atom. The molecule has 0 unspecified atom stereocenters. The first-order chi connectivity index (χ1) is 8.36. The SMILES string of the molecule is CCCOc1cccc(CNCCOCC)c1. The zero-order valence-corrected chi connectivity index (χ0v) is 10.9. The molecule has 96 valence electrons. The van der Waals surface area contributed by atoms with Crippen LogP contribution in [0, 0.1) is 0 Å². The van der Waals surface area contributed by atoms with Gasteiger partial charge in [0.25, 0.3) is 0 Å². The number of benzene rings is 1. The largest absolute Gasteiger partial charge is 0.494 e. The van der Waals surface area contributed by atoms with Crippen molar-refractivity contribution in [1.82, 2.24) is 5.32 Å². The summed E-state index contributed by atoms with van der Waals surface area (Å²) >= 11 is 0. The number of rotatable bonds is 9. The van der Waals surface area contributed by atoms with Crippen LogP contribution >= 0.6 is 0 Å². The van der Waals surface area contributed by atoms with E-state index in [1.54, 1.807) is 0 Å². The van der Waals surface area contributed by atoms with E-state index < -0.39 is 0 Å². The van der Waals surface area contributed by atoms with Crippen LogP contribution in [0.5, 0.6) is 5.75 Å². The van der Waals surface area contributed by atoms with Crippen molar-refractivity contribution >= 4 is 0 Å². The van der Waals surface area contributed by atoms with Crippen molar-refractivity contribution in [2.24, 2.45) is 0 Å². The fraction of sp³-hybridized carbons (Fsp3) is 0.571. The third-order valence-electron chi connectivity index (χ3n) is 2.33. The average Bonchev–Trinajstić information content (AvgIpc) is 2.37. The molecule has 0 amide bonds. The minimum atomic E-state index is 0.766. The molecule has 0 aliphatic heterocycles. The third kappa shape index (κ3) is 6.29. The second kappa shape index (κ2) is 9.02. The van der Waals surface area contributed by atoms with Crippen LogP contribution in [-0.2, 0) is 11.3 Å². The molecule has 0 bridgehead atoms. The van der Waals surface area contributed by atoms with Crippen molar-refractivity contribution in [1.29, 1.82) is 0 Å². The zero-order valence-electron chi connectivity index (χ0n) is 10.9. The van der Waals surface area contributed by atoms with Gasteiger partial charge in [0.05, 0.1) is 13.2 Å². The van der Waals surface area contributed by atoms with Gasteiger partial charge in [-0.05, 0) is 31.0 Å². The molecule has 3 nitrogen and oxygen atoms in total. The summed E-state index contributed by atoms with van der Waals surface area (Å²) in [5.41, 5.74) is 1.25. The second-order valence-corrected chi connectivity index (χ2v) is 3.87. The number of ether oxygens (including phenoxy) is 2. The number of hydrogen-bond donors (Lipinski definition) is 1. The van der Waals surface area contributed by atoms with Crippen LogP contribution in [0.1, 0.15) is 25.8 Å². The first-order valence-corrected chi connectivity index (χ1v) is 6.37. The van der Waals surface area contributed by atoms with E-state index in [-0.39, 0.29) is 0 Å². The normalized spacial score (nSPS) is 10.5. The van der Waals surface area contributed by atoms with Crippen molar-refractivity contribution in [2.45, 2.75) is 26.8 Å². The number of nitrogens with one attached hydrogen (secondary N) is 1. The maximum atomic E-state index is 5.59. The molecule has 0 saturated carbocycles. The third-order valence-corrected chi connectivity index (χ3v) is 2.33. The molecule has 0 fully saturated rings. The van der Waals surface area contributed by atoms with E-state index in [0.717, 1.165) is 45.1 Å². The molecule has 1 N–H and O–H groups in total. The Labute approximate surface area is 104 Å². The Kier molecular flexibility index (Phi) is 7.43. The van der Waals surface area contributed by atoms with Crippen molar-refractivity contribution in [3.8, 4) is 5.75 Å². The van der Waals surface area contributed by atoms with Crippen molar-refractivity contribution < 1.29 is 9.47 Å². The molecule has 0 saturated heterocycles. The molecule has 17 heavy (non-hydrogen) atoms. The molecule has 1 aromatic rings. The Morgan fingerprint density at radius 3 is 2.82 bits per heavy atom. The van der Waals surface area contributed by atoms with E-state index in [1.165, 1.54) is 5.56 Å². The standard InChI is InChI=1S/C14H23NO2/c1-3-9-17-14-7-5-6-13(11-14)12-15-8-10-16-4-2/h5-7,11,15H,3-4,8-10,12H2,1-2H3. The zero-order chi connectivity index (χ0) is 12.3. The van der Waals surface area contributed by atoms with Gasteiger partial charge in [-0.25, -0.2) is 0 Å². The Hall–Kier alpha value is -1.06. The summed E-state index contributed by atoms with van der Waals surface area (Å²) in [5, 5.41) is 3.34. The van der Waals surface area contributed by atoms with Gasteiger partial charge in [-0.3, -0.25) is 0 Å². The molecule has 1 rings (SSSR count). The van der Waals surface area contributed by atoms with Gasteiger partial charge in [-0.2, -0.15) is 0 Å². The molecule has 0 heterocycles. The monoisotopic (exact) mass is 237 g/mol. The lowest BCUT2D eigenvalue weighted by Crippen LogP contribution is -2.19. The predicted octanol–water partition coefficient (Wildman–Crippen LogP) is 2.60. The Balaban J connectivity index is 2.27. The van der Waals surface area contributed by atoms with Crippen molar-refractivity contribution in [2.75, 3.05) is 26.4 Å². The molecule has 1 aromatic carbocycles. The van der Waals surface area contributed by atoms with Gasteiger partial charge in [0.1, 0.15) is 5.75 Å². The number of hydrogen-bond acceptors (Lipinski definition) is 3. The molecule has 3 heteroatoms. The summed E-state index contributed by atoms with van der Waals surface area (Å²) in [6.45, 7) is 8.18. The molecular formula is C14H23NO2. The van der Waals surface area contributed by atoms with E-state index in [2.05, 4.69) is 24.4 Å². The Morgan fingerprint density at radius 2 is 2.06 bits per heavy atom. The summed E-state index contributed by atoms with van der Waals surface area (Å²) < 4.78 is 10.8. The van der Waals surface area contributed by atoms with Gasteiger partial charge in [-0.1, -0.05) is 19.1 Å². The summed E-state index contributed by atoms with van der Waals surface area (Å²) in [4.78, 5) is 0. The lowest BCUT2D eigenvalue weighted by atomic mass is 10.2. The van der Waals surface area contributed by atoms with Gasteiger partial charge in [0, 0.05) is 19.7 Å². The van der Waals surface area contributed by atoms with Gasteiger partial charge < -0.3 is 14.8 Å². The van der Waals surface area contributed by atoms with Gasteiger partial charge >= 0.3 is 0 Å². The highest BCUT2D eigenvalue weighted by molar-refractivity contribution is 5.28. The quantitative estimate of drug-likeness (QED) is 0.670. The molecular weight excluding hydrogens is 214 g/mol.